The third-order valence-corrected chi connectivity index (χ3v) is 5.86. The fourth-order valence-electron chi connectivity index (χ4n) is 2.45. The SMILES string of the molecule is CN(C)CCCOc1ccc(S(=O)(=O)N(CC(=O)O)c2ccc(Cl)cc2)cc1. The average Bonchev–Trinajstić information content (AvgIpc) is 2.64. The van der Waals surface area contributed by atoms with Gasteiger partial charge in [0.25, 0.3) is 10.0 Å². The average molecular weight is 427 g/mol. The number of halogens is 1. The highest BCUT2D eigenvalue weighted by Gasteiger charge is 2.27. The van der Waals surface area contributed by atoms with Gasteiger partial charge in [0.15, 0.2) is 0 Å². The van der Waals surface area contributed by atoms with E-state index in [1.165, 1.54) is 36.4 Å². The summed E-state index contributed by atoms with van der Waals surface area (Å²) < 4.78 is 32.4. The molecule has 9 heteroatoms. The summed E-state index contributed by atoms with van der Waals surface area (Å²) in [6.07, 6.45) is 0.843. The van der Waals surface area contributed by atoms with Crippen molar-refractivity contribution in [3.05, 3.63) is 53.6 Å². The Hall–Kier alpha value is -2.29. The second-order valence-corrected chi connectivity index (χ2v) is 8.66. The summed E-state index contributed by atoms with van der Waals surface area (Å²) in [5, 5.41) is 9.58. The molecule has 0 atom stereocenters. The molecule has 0 heterocycles. The summed E-state index contributed by atoms with van der Waals surface area (Å²) in [6, 6.07) is 11.9. The molecule has 28 heavy (non-hydrogen) atoms. The molecule has 7 nitrogen and oxygen atoms in total. The number of benzene rings is 2. The molecule has 2 aromatic rings. The van der Waals surface area contributed by atoms with E-state index in [9.17, 15) is 13.2 Å². The molecule has 2 rings (SSSR count). The molecule has 1 N–H and O–H groups in total. The topological polar surface area (TPSA) is 87.2 Å². The van der Waals surface area contributed by atoms with Gasteiger partial charge in [-0.2, -0.15) is 0 Å². The van der Waals surface area contributed by atoms with Crippen LogP contribution >= 0.6 is 11.6 Å². The van der Waals surface area contributed by atoms with Crippen molar-refractivity contribution in [2.45, 2.75) is 11.3 Å². The standard InChI is InChI=1S/C19H23ClN2O5S/c1-21(2)12-3-13-27-17-8-10-18(11-9-17)28(25,26)22(14-19(23)24)16-6-4-15(20)5-7-16/h4-11H,3,12-14H2,1-2H3,(H,23,24). The van der Waals surface area contributed by atoms with E-state index >= 15 is 0 Å². The lowest BCUT2D eigenvalue weighted by Crippen LogP contribution is -2.35. The normalized spacial score (nSPS) is 11.4. The van der Waals surface area contributed by atoms with Gasteiger partial charge in [0.05, 0.1) is 17.2 Å². The predicted octanol–water partition coefficient (Wildman–Crippen LogP) is 2.95. The van der Waals surface area contributed by atoms with Gasteiger partial charge in [0.2, 0.25) is 0 Å². The minimum absolute atomic E-state index is 0.0238. The van der Waals surface area contributed by atoms with Crippen molar-refractivity contribution in [2.24, 2.45) is 0 Å². The predicted molar refractivity (Wildman–Crippen MR) is 109 cm³/mol. The highest BCUT2D eigenvalue weighted by Crippen LogP contribution is 2.26. The maximum absolute atomic E-state index is 13.0. The number of hydrogen-bond donors (Lipinski definition) is 1. The summed E-state index contributed by atoms with van der Waals surface area (Å²) >= 11 is 5.84. The Kier molecular flexibility index (Phi) is 7.68. The van der Waals surface area contributed by atoms with Crippen LogP contribution in [-0.2, 0) is 14.8 Å². The second kappa shape index (κ2) is 9.77. The fourth-order valence-corrected chi connectivity index (χ4v) is 3.99. The van der Waals surface area contributed by atoms with Crippen LogP contribution < -0.4 is 9.04 Å². The lowest BCUT2D eigenvalue weighted by Gasteiger charge is -2.23. The number of aliphatic carboxylic acids is 1. The molecule has 0 spiro atoms. The van der Waals surface area contributed by atoms with Crippen LogP contribution in [0, 0.1) is 0 Å². The molecule has 0 fully saturated rings. The first-order valence-electron chi connectivity index (χ1n) is 8.58. The zero-order valence-corrected chi connectivity index (χ0v) is 17.3. The van der Waals surface area contributed by atoms with Crippen LogP contribution in [0.2, 0.25) is 5.02 Å². The molecule has 0 amide bonds. The first-order valence-corrected chi connectivity index (χ1v) is 10.4. The van der Waals surface area contributed by atoms with E-state index in [2.05, 4.69) is 0 Å². The van der Waals surface area contributed by atoms with E-state index < -0.39 is 22.5 Å². The van der Waals surface area contributed by atoms with E-state index in [4.69, 9.17) is 21.4 Å². The molecule has 0 saturated carbocycles. The zero-order valence-electron chi connectivity index (χ0n) is 15.7. The zero-order chi connectivity index (χ0) is 20.7. The van der Waals surface area contributed by atoms with E-state index in [1.54, 1.807) is 12.1 Å². The van der Waals surface area contributed by atoms with Crippen LogP contribution in [0.4, 0.5) is 5.69 Å². The lowest BCUT2D eigenvalue weighted by atomic mass is 10.3. The number of carboxylic acids is 1. The first kappa shape index (κ1) is 22.0. The van der Waals surface area contributed by atoms with Crippen LogP contribution in [0.25, 0.3) is 0 Å². The largest absolute Gasteiger partial charge is 0.494 e. The smallest absolute Gasteiger partial charge is 0.324 e. The number of carboxylic acid groups (broad SMARTS) is 1. The van der Waals surface area contributed by atoms with Crippen molar-refractivity contribution in [3.63, 3.8) is 0 Å². The van der Waals surface area contributed by atoms with Crippen molar-refractivity contribution >= 4 is 33.3 Å². The molecular formula is C19H23ClN2O5S. The molecule has 152 valence electrons. The van der Waals surface area contributed by atoms with Gasteiger partial charge in [-0.25, -0.2) is 8.42 Å². The van der Waals surface area contributed by atoms with Crippen molar-refractivity contribution in [3.8, 4) is 5.75 Å². The van der Waals surface area contributed by atoms with Crippen molar-refractivity contribution in [2.75, 3.05) is 38.1 Å². The highest BCUT2D eigenvalue weighted by molar-refractivity contribution is 7.92. The van der Waals surface area contributed by atoms with E-state index in [1.807, 2.05) is 19.0 Å². The van der Waals surface area contributed by atoms with Gasteiger partial charge in [-0.05, 0) is 69.0 Å². The van der Waals surface area contributed by atoms with Crippen LogP contribution in [0.15, 0.2) is 53.4 Å². The summed E-state index contributed by atoms with van der Waals surface area (Å²) in [5.41, 5.74) is 0.218. The Balaban J connectivity index is 2.19. The molecule has 0 aliphatic rings. The number of sulfonamides is 1. The number of rotatable bonds is 10. The Bertz CT molecular complexity index is 884. The Morgan fingerprint density at radius 3 is 2.21 bits per heavy atom. The Morgan fingerprint density at radius 2 is 1.68 bits per heavy atom. The molecule has 0 aliphatic heterocycles. The molecule has 0 unspecified atom stereocenters. The summed E-state index contributed by atoms with van der Waals surface area (Å²) in [7, 11) is -0.117. The van der Waals surface area contributed by atoms with Gasteiger partial charge in [-0.1, -0.05) is 11.6 Å². The summed E-state index contributed by atoms with van der Waals surface area (Å²) in [5.74, 6) is -0.714. The fraction of sp³-hybridized carbons (Fsp3) is 0.316. The van der Waals surface area contributed by atoms with Gasteiger partial charge >= 0.3 is 5.97 Å². The molecule has 0 aromatic heterocycles. The van der Waals surface area contributed by atoms with Gasteiger partial charge < -0.3 is 14.7 Å². The van der Waals surface area contributed by atoms with Crippen molar-refractivity contribution in [1.82, 2.24) is 4.90 Å². The number of hydrogen-bond acceptors (Lipinski definition) is 5. The minimum atomic E-state index is -4.07. The van der Waals surface area contributed by atoms with Crippen molar-refractivity contribution in [1.29, 1.82) is 0 Å². The number of carbonyl (C=O) groups is 1. The van der Waals surface area contributed by atoms with Crippen LogP contribution in [0.5, 0.6) is 5.75 Å². The van der Waals surface area contributed by atoms with Gasteiger partial charge in [0.1, 0.15) is 12.3 Å². The number of anilines is 1. The lowest BCUT2D eigenvalue weighted by molar-refractivity contribution is -0.135. The maximum atomic E-state index is 13.0. The molecule has 0 aliphatic carbocycles. The first-order chi connectivity index (χ1) is 13.2. The van der Waals surface area contributed by atoms with Crippen LogP contribution in [0.1, 0.15) is 6.42 Å². The number of nitrogens with zero attached hydrogens (tertiary/aromatic N) is 2. The minimum Gasteiger partial charge on any atom is -0.494 e. The van der Waals surface area contributed by atoms with E-state index in [0.29, 0.717) is 17.4 Å². The van der Waals surface area contributed by atoms with E-state index in [-0.39, 0.29) is 10.6 Å². The Morgan fingerprint density at radius 1 is 1.07 bits per heavy atom. The Labute approximate surface area is 170 Å². The molecule has 0 radical (unpaired) electrons. The van der Waals surface area contributed by atoms with Crippen LogP contribution in [-0.4, -0.2) is 58.2 Å². The number of ether oxygens (including phenoxy) is 1. The quantitative estimate of drug-likeness (QED) is 0.588. The third-order valence-electron chi connectivity index (χ3n) is 3.82. The summed E-state index contributed by atoms with van der Waals surface area (Å²) in [6.45, 7) is 0.699. The monoisotopic (exact) mass is 426 g/mol. The molecule has 2 aromatic carbocycles. The van der Waals surface area contributed by atoms with Crippen molar-refractivity contribution < 1.29 is 23.1 Å². The summed E-state index contributed by atoms with van der Waals surface area (Å²) in [4.78, 5) is 13.2. The van der Waals surface area contributed by atoms with Crippen LogP contribution in [0.3, 0.4) is 0 Å². The van der Waals surface area contributed by atoms with E-state index in [0.717, 1.165) is 17.3 Å². The molecular weight excluding hydrogens is 404 g/mol. The van der Waals surface area contributed by atoms with Gasteiger partial charge in [-0.15, -0.1) is 0 Å². The second-order valence-electron chi connectivity index (χ2n) is 6.36. The molecule has 0 saturated heterocycles. The third kappa shape index (κ3) is 6.12. The van der Waals surface area contributed by atoms with Gasteiger partial charge in [0, 0.05) is 11.6 Å². The van der Waals surface area contributed by atoms with Gasteiger partial charge in [-0.3, -0.25) is 9.10 Å². The molecule has 0 bridgehead atoms. The highest BCUT2D eigenvalue weighted by atomic mass is 35.5. The maximum Gasteiger partial charge on any atom is 0.324 e.